The van der Waals surface area contributed by atoms with Crippen LogP contribution in [0.4, 0.5) is 0 Å². The first kappa shape index (κ1) is 20.1. The van der Waals surface area contributed by atoms with Gasteiger partial charge in [-0.25, -0.2) is 5.32 Å². The Bertz CT molecular complexity index is 456. The number of hydrogen-bond acceptors (Lipinski definition) is 3. The second-order valence-electron chi connectivity index (χ2n) is 8.67. The highest BCUT2D eigenvalue weighted by Crippen LogP contribution is 2.37. The molecule has 0 aromatic heterocycles. The molecule has 5 nitrogen and oxygen atoms in total. The molecular formula is C21H38N3O2. The molecule has 5 heteroatoms. The van der Waals surface area contributed by atoms with Crippen LogP contribution in [0.1, 0.15) is 78.1 Å². The zero-order chi connectivity index (χ0) is 18.6. The monoisotopic (exact) mass is 364 g/mol. The maximum absolute atomic E-state index is 12.0. The minimum Gasteiger partial charge on any atom is -0.390 e. The molecule has 3 fully saturated rings. The first-order valence-electron chi connectivity index (χ1n) is 11.0. The third-order valence-electron chi connectivity index (χ3n) is 6.91. The van der Waals surface area contributed by atoms with Gasteiger partial charge in [-0.1, -0.05) is 26.7 Å². The molecule has 3 rings (SSSR count). The fourth-order valence-electron chi connectivity index (χ4n) is 5.53. The minimum atomic E-state index is -0.502. The van der Waals surface area contributed by atoms with Crippen molar-refractivity contribution in [3.8, 4) is 0 Å². The van der Waals surface area contributed by atoms with Crippen LogP contribution in [-0.2, 0) is 4.79 Å². The van der Waals surface area contributed by atoms with Crippen LogP contribution in [0.15, 0.2) is 0 Å². The van der Waals surface area contributed by atoms with E-state index in [0.717, 1.165) is 90.4 Å². The van der Waals surface area contributed by atoms with Crippen LogP contribution in [-0.4, -0.2) is 64.8 Å². The second kappa shape index (κ2) is 9.03. The van der Waals surface area contributed by atoms with E-state index in [4.69, 9.17) is 5.32 Å². The molecule has 2 unspecified atom stereocenters. The summed E-state index contributed by atoms with van der Waals surface area (Å²) in [4.78, 5) is 16.6. The van der Waals surface area contributed by atoms with E-state index < -0.39 is 5.60 Å². The van der Waals surface area contributed by atoms with Gasteiger partial charge < -0.3 is 10.0 Å². The zero-order valence-corrected chi connectivity index (χ0v) is 16.8. The number of carbonyl (C=O) groups is 1. The summed E-state index contributed by atoms with van der Waals surface area (Å²) in [5.74, 6) is 0.734. The van der Waals surface area contributed by atoms with Crippen molar-refractivity contribution < 1.29 is 9.90 Å². The molecule has 3 aliphatic rings. The average Bonchev–Trinajstić information content (AvgIpc) is 3.08. The Morgan fingerprint density at radius 3 is 2.38 bits per heavy atom. The van der Waals surface area contributed by atoms with Crippen molar-refractivity contribution in [3.05, 3.63) is 0 Å². The lowest BCUT2D eigenvalue weighted by Crippen LogP contribution is -2.55. The van der Waals surface area contributed by atoms with Gasteiger partial charge in [-0.15, -0.1) is 0 Å². The van der Waals surface area contributed by atoms with Crippen LogP contribution in [0.5, 0.6) is 0 Å². The SMILES string of the molecule is CCCC(O)(CCC)C1CC[N]C(N2CCC(N3CCCC3=O)CC2)C1. The molecule has 0 spiro atoms. The summed E-state index contributed by atoms with van der Waals surface area (Å²) in [6.07, 6.45) is 10.2. The summed E-state index contributed by atoms with van der Waals surface area (Å²) in [7, 11) is 0. The topological polar surface area (TPSA) is 57.9 Å². The lowest BCUT2D eigenvalue weighted by atomic mass is 9.74. The van der Waals surface area contributed by atoms with Gasteiger partial charge >= 0.3 is 0 Å². The summed E-state index contributed by atoms with van der Waals surface area (Å²) < 4.78 is 0. The maximum Gasteiger partial charge on any atom is 0.222 e. The second-order valence-corrected chi connectivity index (χ2v) is 8.67. The van der Waals surface area contributed by atoms with Crippen molar-refractivity contribution >= 4 is 5.91 Å². The summed E-state index contributed by atoms with van der Waals surface area (Å²) in [6.45, 7) is 8.27. The molecule has 3 heterocycles. The molecule has 149 valence electrons. The van der Waals surface area contributed by atoms with Crippen molar-refractivity contribution in [1.29, 1.82) is 0 Å². The highest BCUT2D eigenvalue weighted by atomic mass is 16.3. The predicted octanol–water partition coefficient (Wildman–Crippen LogP) is 2.75. The molecule has 0 aliphatic carbocycles. The number of rotatable bonds is 7. The highest BCUT2D eigenvalue weighted by Gasteiger charge is 2.41. The Kier molecular flexibility index (Phi) is 6.98. The van der Waals surface area contributed by atoms with E-state index in [2.05, 4.69) is 23.6 Å². The highest BCUT2D eigenvalue weighted by molar-refractivity contribution is 5.78. The molecule has 0 saturated carbocycles. The van der Waals surface area contributed by atoms with Crippen LogP contribution >= 0.6 is 0 Å². The van der Waals surface area contributed by atoms with Crippen LogP contribution in [0, 0.1) is 5.92 Å². The molecule has 2 atom stereocenters. The number of aliphatic hydroxyl groups is 1. The summed E-state index contributed by atoms with van der Waals surface area (Å²) in [5.41, 5.74) is -0.502. The smallest absolute Gasteiger partial charge is 0.222 e. The summed E-state index contributed by atoms with van der Waals surface area (Å²) in [5, 5.41) is 16.2. The van der Waals surface area contributed by atoms with Crippen LogP contribution in [0.25, 0.3) is 0 Å². The predicted molar refractivity (Wildman–Crippen MR) is 104 cm³/mol. The molecule has 0 aromatic carbocycles. The number of nitrogens with zero attached hydrogens (tertiary/aromatic N) is 3. The van der Waals surface area contributed by atoms with Gasteiger partial charge in [-0.2, -0.15) is 0 Å². The Hall–Kier alpha value is -0.650. The zero-order valence-electron chi connectivity index (χ0n) is 16.8. The lowest BCUT2D eigenvalue weighted by Gasteiger charge is -2.46. The van der Waals surface area contributed by atoms with Crippen LogP contribution < -0.4 is 5.32 Å². The molecule has 3 saturated heterocycles. The van der Waals surface area contributed by atoms with E-state index in [0.29, 0.717) is 17.9 Å². The van der Waals surface area contributed by atoms with Gasteiger partial charge in [-0.05, 0) is 50.9 Å². The average molecular weight is 365 g/mol. The molecule has 1 N–H and O–H groups in total. The van der Waals surface area contributed by atoms with E-state index in [1.54, 1.807) is 0 Å². The third-order valence-corrected chi connectivity index (χ3v) is 6.91. The van der Waals surface area contributed by atoms with E-state index in [1.807, 2.05) is 0 Å². The van der Waals surface area contributed by atoms with E-state index in [1.165, 1.54) is 0 Å². The fourth-order valence-corrected chi connectivity index (χ4v) is 5.53. The third kappa shape index (κ3) is 4.42. The summed E-state index contributed by atoms with van der Waals surface area (Å²) in [6, 6.07) is 0.442. The first-order valence-corrected chi connectivity index (χ1v) is 11.0. The van der Waals surface area contributed by atoms with E-state index >= 15 is 0 Å². The van der Waals surface area contributed by atoms with Gasteiger partial charge in [0, 0.05) is 38.6 Å². The fraction of sp³-hybridized carbons (Fsp3) is 0.952. The van der Waals surface area contributed by atoms with Crippen molar-refractivity contribution in [3.63, 3.8) is 0 Å². The molecule has 0 bridgehead atoms. The van der Waals surface area contributed by atoms with E-state index in [-0.39, 0.29) is 6.17 Å². The van der Waals surface area contributed by atoms with Crippen molar-refractivity contribution in [1.82, 2.24) is 15.1 Å². The van der Waals surface area contributed by atoms with Gasteiger partial charge in [0.05, 0.1) is 11.8 Å². The van der Waals surface area contributed by atoms with E-state index in [9.17, 15) is 9.90 Å². The molecular weight excluding hydrogens is 326 g/mol. The van der Waals surface area contributed by atoms with Crippen molar-refractivity contribution in [2.75, 3.05) is 26.2 Å². The Morgan fingerprint density at radius 2 is 1.81 bits per heavy atom. The molecule has 1 radical (unpaired) electrons. The number of carbonyl (C=O) groups excluding carboxylic acids is 1. The molecule has 3 aliphatic heterocycles. The Balaban J connectivity index is 1.54. The van der Waals surface area contributed by atoms with Gasteiger partial charge in [-0.3, -0.25) is 9.69 Å². The number of likely N-dealkylation sites (tertiary alicyclic amines) is 2. The van der Waals surface area contributed by atoms with Gasteiger partial charge in [0.25, 0.3) is 0 Å². The van der Waals surface area contributed by atoms with Crippen LogP contribution in [0.2, 0.25) is 0 Å². The number of hydrogen-bond donors (Lipinski definition) is 1. The quantitative estimate of drug-likeness (QED) is 0.756. The number of amides is 1. The van der Waals surface area contributed by atoms with Gasteiger partial charge in [0.2, 0.25) is 5.91 Å². The molecule has 1 amide bonds. The summed E-state index contributed by atoms with van der Waals surface area (Å²) >= 11 is 0. The standard InChI is InChI=1S/C21H38N3O2/c1-3-10-21(26,11-4-2)17-7-12-22-19(16-17)23-14-8-18(9-15-23)24-13-5-6-20(24)25/h17-19,26H,3-16H2,1-2H3. The molecule has 26 heavy (non-hydrogen) atoms. The Morgan fingerprint density at radius 1 is 1.12 bits per heavy atom. The Labute approximate surface area is 159 Å². The lowest BCUT2D eigenvalue weighted by molar-refractivity contribution is -0.130. The van der Waals surface area contributed by atoms with Crippen LogP contribution in [0.3, 0.4) is 0 Å². The first-order chi connectivity index (χ1) is 12.6. The number of piperidine rings is 2. The van der Waals surface area contributed by atoms with Gasteiger partial charge in [0.1, 0.15) is 0 Å². The maximum atomic E-state index is 12.0. The normalized spacial score (nSPS) is 29.5. The van der Waals surface area contributed by atoms with Crippen molar-refractivity contribution in [2.45, 2.75) is 95.9 Å². The minimum absolute atomic E-state index is 0.268. The van der Waals surface area contributed by atoms with Gasteiger partial charge in [0.15, 0.2) is 0 Å². The van der Waals surface area contributed by atoms with Crippen molar-refractivity contribution in [2.24, 2.45) is 5.92 Å². The largest absolute Gasteiger partial charge is 0.390 e. The molecule has 0 aromatic rings.